The Balaban J connectivity index is 1.55. The van der Waals surface area contributed by atoms with E-state index in [4.69, 9.17) is 16.3 Å². The van der Waals surface area contributed by atoms with Gasteiger partial charge in [-0.2, -0.15) is 0 Å². The normalized spacial score (nSPS) is 15.5. The van der Waals surface area contributed by atoms with Gasteiger partial charge in [0, 0.05) is 26.0 Å². The van der Waals surface area contributed by atoms with Crippen LogP contribution in [0.2, 0.25) is 18.1 Å². The molecule has 5 heteroatoms. The number of halogens is 3. The molecule has 0 aromatic heterocycles. The van der Waals surface area contributed by atoms with Crippen LogP contribution in [0.1, 0.15) is 51.0 Å². The lowest BCUT2D eigenvalue weighted by atomic mass is 9.96. The minimum Gasteiger partial charge on any atom is -0.477 e. The third-order valence-corrected chi connectivity index (χ3v) is 9.33. The summed E-state index contributed by atoms with van der Waals surface area (Å²) in [7, 11) is -0.300. The molecule has 30 heavy (non-hydrogen) atoms. The lowest BCUT2D eigenvalue weighted by Crippen LogP contribution is -2.21. The van der Waals surface area contributed by atoms with Crippen molar-refractivity contribution >= 4 is 20.4 Å². The van der Waals surface area contributed by atoms with Gasteiger partial charge in [-0.05, 0) is 36.1 Å². The molecule has 0 aliphatic carbocycles. The largest absolute Gasteiger partial charge is 0.477 e. The van der Waals surface area contributed by atoms with Crippen molar-refractivity contribution in [3.8, 4) is 16.9 Å². The molecule has 2 aromatic carbocycles. The minimum atomic E-state index is -0.431. The number of alkyl halides is 1. The second-order valence-electron chi connectivity index (χ2n) is 8.40. The molecular formula is C25H32ClF2OSi. The number of rotatable bonds is 10. The maximum Gasteiger partial charge on any atom is 0.162 e. The van der Waals surface area contributed by atoms with Crippen LogP contribution in [0, 0.1) is 17.6 Å². The van der Waals surface area contributed by atoms with Crippen LogP contribution in [0.4, 0.5) is 8.78 Å². The zero-order valence-corrected chi connectivity index (χ0v) is 19.6. The Morgan fingerprint density at radius 1 is 1.03 bits per heavy atom. The van der Waals surface area contributed by atoms with Crippen molar-refractivity contribution in [3.05, 3.63) is 53.6 Å². The van der Waals surface area contributed by atoms with Gasteiger partial charge in [0.1, 0.15) is 17.4 Å². The number of hydrogen-bond acceptors (Lipinski definition) is 1. The zero-order valence-electron chi connectivity index (χ0n) is 17.9. The van der Waals surface area contributed by atoms with Gasteiger partial charge in [0.2, 0.25) is 0 Å². The topological polar surface area (TPSA) is 9.23 Å². The first-order valence-electron chi connectivity index (χ1n) is 11.2. The van der Waals surface area contributed by atoms with E-state index in [1.807, 2.05) is 6.07 Å². The van der Waals surface area contributed by atoms with Crippen molar-refractivity contribution in [3.63, 3.8) is 0 Å². The molecule has 1 aliphatic rings. The SMILES string of the molecule is CCCCCC1CC[Si](CCc2ccc(-c3ccc(F)cc3OCCl)c(F)c2)CC1. The monoisotopic (exact) mass is 449 g/mol. The molecule has 0 bridgehead atoms. The number of benzene rings is 2. The first kappa shape index (κ1) is 23.3. The molecule has 1 saturated heterocycles. The van der Waals surface area contributed by atoms with E-state index in [2.05, 4.69) is 6.92 Å². The van der Waals surface area contributed by atoms with Gasteiger partial charge in [0.25, 0.3) is 0 Å². The first-order valence-corrected chi connectivity index (χ1v) is 13.9. The van der Waals surface area contributed by atoms with Crippen LogP contribution >= 0.6 is 11.6 Å². The van der Waals surface area contributed by atoms with Gasteiger partial charge >= 0.3 is 0 Å². The van der Waals surface area contributed by atoms with Gasteiger partial charge < -0.3 is 4.74 Å². The molecule has 2 aromatic rings. The maximum absolute atomic E-state index is 14.8. The van der Waals surface area contributed by atoms with Crippen molar-refractivity contribution in [1.82, 2.24) is 0 Å². The van der Waals surface area contributed by atoms with E-state index in [1.54, 1.807) is 18.2 Å². The van der Waals surface area contributed by atoms with E-state index in [-0.39, 0.29) is 26.4 Å². The lowest BCUT2D eigenvalue weighted by molar-refractivity contribution is 0.386. The van der Waals surface area contributed by atoms with Crippen molar-refractivity contribution in [1.29, 1.82) is 0 Å². The first-order chi connectivity index (χ1) is 14.6. The summed E-state index contributed by atoms with van der Waals surface area (Å²) in [5, 5.41) is 0. The van der Waals surface area contributed by atoms with E-state index in [1.165, 1.54) is 68.8 Å². The van der Waals surface area contributed by atoms with E-state index in [9.17, 15) is 8.78 Å². The van der Waals surface area contributed by atoms with Crippen LogP contribution in [-0.4, -0.2) is 14.9 Å². The van der Waals surface area contributed by atoms with Gasteiger partial charge in [0.15, 0.2) is 6.07 Å². The highest BCUT2D eigenvalue weighted by Gasteiger charge is 2.22. The van der Waals surface area contributed by atoms with Crippen molar-refractivity contribution < 1.29 is 13.5 Å². The summed E-state index contributed by atoms with van der Waals surface area (Å²) in [6.07, 6.45) is 9.22. The zero-order chi connectivity index (χ0) is 21.3. The molecule has 1 aliphatic heterocycles. The fourth-order valence-corrected chi connectivity index (χ4v) is 7.60. The van der Waals surface area contributed by atoms with E-state index in [0.717, 1.165) is 17.9 Å². The average molecular weight is 450 g/mol. The molecule has 0 N–H and O–H groups in total. The summed E-state index contributed by atoms with van der Waals surface area (Å²) in [5.41, 5.74) is 1.98. The maximum atomic E-state index is 14.8. The van der Waals surface area contributed by atoms with E-state index in [0.29, 0.717) is 11.1 Å². The standard InChI is InChI=1S/C25H32ClF2OSi/c1-2-3-4-5-19-10-13-30(14-11-19)15-12-20-6-8-22(24(28)16-20)23-9-7-21(27)17-25(23)29-18-26/h6-9,16-17,19H,2-5,10-15,18H2,1H3. The predicted molar refractivity (Wildman–Crippen MR) is 124 cm³/mol. The second kappa shape index (κ2) is 11.9. The molecule has 0 amide bonds. The number of unbranched alkanes of at least 4 members (excludes halogenated alkanes) is 2. The lowest BCUT2D eigenvalue weighted by Gasteiger charge is -2.27. The predicted octanol–water partition coefficient (Wildman–Crippen LogP) is 8.23. The molecule has 0 unspecified atom stereocenters. The summed E-state index contributed by atoms with van der Waals surface area (Å²) in [6.45, 7) is 2.27. The second-order valence-corrected chi connectivity index (χ2v) is 11.6. The molecule has 3 rings (SSSR count). The van der Waals surface area contributed by atoms with Crippen molar-refractivity contribution in [2.75, 3.05) is 6.07 Å². The van der Waals surface area contributed by atoms with Crippen LogP contribution in [0.25, 0.3) is 11.1 Å². The smallest absolute Gasteiger partial charge is 0.162 e. The van der Waals surface area contributed by atoms with Gasteiger partial charge in [0.05, 0.1) is 0 Å². The van der Waals surface area contributed by atoms with Crippen LogP contribution in [0.3, 0.4) is 0 Å². The third-order valence-electron chi connectivity index (χ3n) is 6.27. The van der Waals surface area contributed by atoms with Crippen LogP contribution in [-0.2, 0) is 6.42 Å². The Kier molecular flexibility index (Phi) is 9.20. The molecule has 0 atom stereocenters. The Bertz CT molecular complexity index is 806. The highest BCUT2D eigenvalue weighted by Crippen LogP contribution is 2.34. The molecule has 0 saturated carbocycles. The van der Waals surface area contributed by atoms with Gasteiger partial charge in [-0.25, -0.2) is 8.78 Å². The van der Waals surface area contributed by atoms with Crippen molar-refractivity contribution in [2.24, 2.45) is 5.92 Å². The number of ether oxygens (including phenoxy) is 1. The van der Waals surface area contributed by atoms with Crippen LogP contribution < -0.4 is 4.74 Å². The van der Waals surface area contributed by atoms with Crippen molar-refractivity contribution in [2.45, 2.75) is 70.0 Å². The minimum absolute atomic E-state index is 0.111. The van der Waals surface area contributed by atoms with Gasteiger partial charge in [-0.1, -0.05) is 87.3 Å². The highest BCUT2D eigenvalue weighted by atomic mass is 35.5. The molecule has 1 nitrogen and oxygen atoms in total. The van der Waals surface area contributed by atoms with Crippen LogP contribution in [0.5, 0.6) is 5.75 Å². The fraction of sp³-hybridized carbons (Fsp3) is 0.520. The molecule has 0 spiro atoms. The quantitative estimate of drug-likeness (QED) is 0.201. The highest BCUT2D eigenvalue weighted by molar-refractivity contribution is 6.59. The molecule has 1 radical (unpaired) electrons. The third kappa shape index (κ3) is 6.55. The molecule has 1 fully saturated rings. The number of aryl methyl sites for hydroxylation is 1. The summed E-state index contributed by atoms with van der Waals surface area (Å²) < 4.78 is 33.6. The van der Waals surface area contributed by atoms with Gasteiger partial charge in [-0.3, -0.25) is 0 Å². The fourth-order valence-electron chi connectivity index (χ4n) is 4.46. The van der Waals surface area contributed by atoms with Gasteiger partial charge in [-0.15, -0.1) is 0 Å². The molecule has 163 valence electrons. The van der Waals surface area contributed by atoms with E-state index < -0.39 is 5.82 Å². The molecule has 1 heterocycles. The average Bonchev–Trinajstić information content (AvgIpc) is 2.74. The Morgan fingerprint density at radius 3 is 2.50 bits per heavy atom. The summed E-state index contributed by atoms with van der Waals surface area (Å²) in [4.78, 5) is 0. The molecular weight excluding hydrogens is 418 g/mol. The Morgan fingerprint density at radius 2 is 1.80 bits per heavy atom. The van der Waals surface area contributed by atoms with E-state index >= 15 is 0 Å². The summed E-state index contributed by atoms with van der Waals surface area (Å²) in [6, 6.07) is 13.4. The number of hydrogen-bond donors (Lipinski definition) is 0. The summed E-state index contributed by atoms with van der Waals surface area (Å²) >= 11 is 5.63. The van der Waals surface area contributed by atoms with Crippen LogP contribution in [0.15, 0.2) is 36.4 Å². The Labute approximate surface area is 186 Å². The Hall–Kier alpha value is -1.39. The summed E-state index contributed by atoms with van der Waals surface area (Å²) in [5.74, 6) is 0.481.